The van der Waals surface area contributed by atoms with Gasteiger partial charge in [0.25, 0.3) is 5.91 Å². The van der Waals surface area contributed by atoms with Crippen LogP contribution in [0.15, 0.2) is 46.0 Å². The zero-order valence-corrected chi connectivity index (χ0v) is 18.9. The SMILES string of the molecule is CN=C(NCc1ccc(Cl)cc1OC)N1CCN(C(=O)c2ccco2)CC1.I. The lowest BCUT2D eigenvalue weighted by Gasteiger charge is -2.36. The minimum absolute atomic E-state index is 0. The highest BCUT2D eigenvalue weighted by Gasteiger charge is 2.25. The van der Waals surface area contributed by atoms with E-state index < -0.39 is 0 Å². The third-order valence-corrected chi connectivity index (χ3v) is 4.73. The maximum atomic E-state index is 12.4. The standard InChI is InChI=1S/C19H23ClN4O3.HI/c1-21-19(22-13-14-5-6-15(20)12-17(14)26-2)24-9-7-23(8-10-24)18(25)16-4-3-11-27-16;/h3-6,11-12H,7-10,13H2,1-2H3,(H,21,22);1H. The van der Waals surface area contributed by atoms with Crippen molar-refractivity contribution in [1.82, 2.24) is 15.1 Å². The van der Waals surface area contributed by atoms with Crippen molar-refractivity contribution in [3.05, 3.63) is 52.9 Å². The Labute approximate surface area is 186 Å². The molecule has 9 heteroatoms. The first-order valence-corrected chi connectivity index (χ1v) is 9.11. The monoisotopic (exact) mass is 518 g/mol. The largest absolute Gasteiger partial charge is 0.496 e. The molecule has 0 bridgehead atoms. The number of hydrogen-bond donors (Lipinski definition) is 1. The highest BCUT2D eigenvalue weighted by Crippen LogP contribution is 2.23. The number of halogens is 2. The first-order valence-electron chi connectivity index (χ1n) is 8.73. The van der Waals surface area contributed by atoms with Gasteiger partial charge in [-0.15, -0.1) is 24.0 Å². The van der Waals surface area contributed by atoms with E-state index in [1.54, 1.807) is 37.3 Å². The number of hydrogen-bond acceptors (Lipinski definition) is 4. The average Bonchev–Trinajstić information content (AvgIpc) is 3.24. The van der Waals surface area contributed by atoms with E-state index in [0.717, 1.165) is 17.3 Å². The van der Waals surface area contributed by atoms with Gasteiger partial charge in [-0.25, -0.2) is 0 Å². The molecule has 0 saturated carbocycles. The summed E-state index contributed by atoms with van der Waals surface area (Å²) in [5, 5.41) is 3.99. The zero-order chi connectivity index (χ0) is 19.2. The summed E-state index contributed by atoms with van der Waals surface area (Å²) in [4.78, 5) is 20.7. The van der Waals surface area contributed by atoms with Gasteiger partial charge in [-0.2, -0.15) is 0 Å². The number of carbonyl (C=O) groups excluding carboxylic acids is 1. The molecule has 0 aliphatic carbocycles. The summed E-state index contributed by atoms with van der Waals surface area (Å²) in [5.41, 5.74) is 0.995. The van der Waals surface area contributed by atoms with Crippen LogP contribution in [0.25, 0.3) is 0 Å². The summed E-state index contributed by atoms with van der Waals surface area (Å²) < 4.78 is 10.6. The van der Waals surface area contributed by atoms with Gasteiger partial charge >= 0.3 is 0 Å². The molecule has 1 aliphatic heterocycles. The van der Waals surface area contributed by atoms with E-state index >= 15 is 0 Å². The Balaban J connectivity index is 0.00000280. The molecule has 0 radical (unpaired) electrons. The molecule has 0 unspecified atom stereocenters. The lowest BCUT2D eigenvalue weighted by Crippen LogP contribution is -2.53. The maximum Gasteiger partial charge on any atom is 0.289 e. The van der Waals surface area contributed by atoms with Gasteiger partial charge in [0.1, 0.15) is 5.75 Å². The molecule has 1 fully saturated rings. The normalized spacial score (nSPS) is 14.5. The predicted octanol–water partition coefficient (Wildman–Crippen LogP) is 3.09. The van der Waals surface area contributed by atoms with Gasteiger partial charge in [-0.05, 0) is 24.3 Å². The van der Waals surface area contributed by atoms with Gasteiger partial charge in [0.05, 0.1) is 13.4 Å². The predicted molar refractivity (Wildman–Crippen MR) is 120 cm³/mol. The van der Waals surface area contributed by atoms with E-state index in [1.165, 1.54) is 6.26 Å². The van der Waals surface area contributed by atoms with Crippen LogP contribution in [0.1, 0.15) is 16.1 Å². The molecule has 1 N–H and O–H groups in total. The summed E-state index contributed by atoms with van der Waals surface area (Å²) in [6.45, 7) is 3.20. The number of furan rings is 1. The number of piperazine rings is 1. The molecule has 1 aromatic carbocycles. The number of aliphatic imine (C=N–C) groups is 1. The van der Waals surface area contributed by atoms with Gasteiger partial charge in [-0.3, -0.25) is 9.79 Å². The summed E-state index contributed by atoms with van der Waals surface area (Å²) >= 11 is 6.01. The molecule has 1 saturated heterocycles. The van der Waals surface area contributed by atoms with E-state index in [9.17, 15) is 4.79 Å². The number of nitrogens with one attached hydrogen (secondary N) is 1. The second-order valence-electron chi connectivity index (χ2n) is 6.11. The van der Waals surface area contributed by atoms with Crippen molar-refractivity contribution in [1.29, 1.82) is 0 Å². The Morgan fingerprint density at radius 3 is 2.57 bits per heavy atom. The third-order valence-electron chi connectivity index (χ3n) is 4.50. The highest BCUT2D eigenvalue weighted by molar-refractivity contribution is 14.0. The molecule has 3 rings (SSSR count). The quantitative estimate of drug-likeness (QED) is 0.383. The molecule has 28 heavy (non-hydrogen) atoms. The van der Waals surface area contributed by atoms with Crippen molar-refractivity contribution in [2.75, 3.05) is 40.3 Å². The molecular weight excluding hydrogens is 495 g/mol. The molecule has 1 aliphatic rings. The van der Waals surface area contributed by atoms with Crippen LogP contribution in [0, 0.1) is 0 Å². The van der Waals surface area contributed by atoms with Crippen molar-refractivity contribution in [2.24, 2.45) is 4.99 Å². The average molecular weight is 519 g/mol. The number of ether oxygens (including phenoxy) is 1. The van der Waals surface area contributed by atoms with Crippen LogP contribution in [-0.4, -0.2) is 62.0 Å². The number of benzene rings is 1. The Morgan fingerprint density at radius 2 is 1.96 bits per heavy atom. The van der Waals surface area contributed by atoms with E-state index in [-0.39, 0.29) is 29.9 Å². The lowest BCUT2D eigenvalue weighted by molar-refractivity contribution is 0.0657. The number of nitrogens with zero attached hydrogens (tertiary/aromatic N) is 3. The number of methoxy groups -OCH3 is 1. The Bertz CT molecular complexity index is 806. The smallest absolute Gasteiger partial charge is 0.289 e. The molecule has 1 aromatic heterocycles. The fourth-order valence-electron chi connectivity index (χ4n) is 3.05. The number of guanidine groups is 1. The number of amides is 1. The zero-order valence-electron chi connectivity index (χ0n) is 15.9. The second-order valence-corrected chi connectivity index (χ2v) is 6.55. The Morgan fingerprint density at radius 1 is 1.25 bits per heavy atom. The van der Waals surface area contributed by atoms with Crippen LogP contribution in [0.4, 0.5) is 0 Å². The van der Waals surface area contributed by atoms with Crippen molar-refractivity contribution in [3.63, 3.8) is 0 Å². The molecular formula is C19H24ClIN4O3. The fourth-order valence-corrected chi connectivity index (χ4v) is 3.21. The van der Waals surface area contributed by atoms with Crippen LogP contribution in [-0.2, 0) is 6.54 Å². The Hall–Kier alpha value is -1.94. The molecule has 0 atom stereocenters. The van der Waals surface area contributed by atoms with Crippen LogP contribution < -0.4 is 10.1 Å². The molecule has 2 heterocycles. The van der Waals surface area contributed by atoms with Gasteiger partial charge in [0.15, 0.2) is 11.7 Å². The first-order chi connectivity index (χ1) is 13.1. The van der Waals surface area contributed by atoms with Gasteiger partial charge in [0.2, 0.25) is 0 Å². The summed E-state index contributed by atoms with van der Waals surface area (Å²) in [6.07, 6.45) is 1.51. The third kappa shape index (κ3) is 5.32. The van der Waals surface area contributed by atoms with Crippen molar-refractivity contribution in [3.8, 4) is 5.75 Å². The summed E-state index contributed by atoms with van der Waals surface area (Å²) in [6, 6.07) is 8.97. The molecule has 0 spiro atoms. The molecule has 1 amide bonds. The fraction of sp³-hybridized carbons (Fsp3) is 0.368. The van der Waals surface area contributed by atoms with Crippen molar-refractivity contribution >= 4 is 47.4 Å². The lowest BCUT2D eigenvalue weighted by atomic mass is 10.2. The van der Waals surface area contributed by atoms with Crippen LogP contribution in [0.3, 0.4) is 0 Å². The minimum Gasteiger partial charge on any atom is -0.496 e. The number of rotatable bonds is 4. The van der Waals surface area contributed by atoms with Gasteiger partial charge in [-0.1, -0.05) is 17.7 Å². The Kier molecular flexibility index (Phi) is 8.43. The minimum atomic E-state index is -0.0755. The molecule has 7 nitrogen and oxygen atoms in total. The summed E-state index contributed by atoms with van der Waals surface area (Å²) in [7, 11) is 3.38. The van der Waals surface area contributed by atoms with Gasteiger partial charge in [0, 0.05) is 50.4 Å². The van der Waals surface area contributed by atoms with Crippen molar-refractivity contribution in [2.45, 2.75) is 6.54 Å². The van der Waals surface area contributed by atoms with E-state index in [1.807, 2.05) is 12.1 Å². The molecule has 2 aromatic rings. The van der Waals surface area contributed by atoms with E-state index in [2.05, 4.69) is 15.2 Å². The van der Waals surface area contributed by atoms with E-state index in [0.29, 0.717) is 43.5 Å². The van der Waals surface area contributed by atoms with Crippen LogP contribution in [0.5, 0.6) is 5.75 Å². The maximum absolute atomic E-state index is 12.4. The highest BCUT2D eigenvalue weighted by atomic mass is 127. The van der Waals surface area contributed by atoms with E-state index in [4.69, 9.17) is 20.8 Å². The van der Waals surface area contributed by atoms with Crippen molar-refractivity contribution < 1.29 is 13.9 Å². The van der Waals surface area contributed by atoms with Crippen LogP contribution in [0.2, 0.25) is 5.02 Å². The first kappa shape index (κ1) is 22.4. The summed E-state index contributed by atoms with van der Waals surface area (Å²) in [5.74, 6) is 1.82. The second kappa shape index (κ2) is 10.6. The van der Waals surface area contributed by atoms with Crippen LogP contribution >= 0.6 is 35.6 Å². The molecule has 152 valence electrons. The topological polar surface area (TPSA) is 70.3 Å². The number of carbonyl (C=O) groups is 1. The van der Waals surface area contributed by atoms with Gasteiger partial charge < -0.3 is 24.3 Å².